The van der Waals surface area contributed by atoms with Crippen LogP contribution in [0.5, 0.6) is 0 Å². The van der Waals surface area contributed by atoms with Gasteiger partial charge >= 0.3 is 0 Å². The first-order chi connectivity index (χ1) is 19.8. The van der Waals surface area contributed by atoms with Crippen molar-refractivity contribution in [2.45, 2.75) is 0 Å². The second kappa shape index (κ2) is 9.37. The minimum Gasteiger partial charge on any atom is -0.456 e. The highest BCUT2D eigenvalue weighted by atomic mass is 32.1. The van der Waals surface area contributed by atoms with Crippen molar-refractivity contribution in [3.05, 3.63) is 146 Å². The van der Waals surface area contributed by atoms with Crippen molar-refractivity contribution in [2.24, 2.45) is 0 Å². The molecular weight excluding hydrogens is 504 g/mol. The third kappa shape index (κ3) is 3.69. The summed E-state index contributed by atoms with van der Waals surface area (Å²) in [6.45, 7) is 0. The Morgan fingerprint density at radius 2 is 0.950 bits per heavy atom. The first kappa shape index (κ1) is 23.0. The third-order valence-electron chi connectivity index (χ3n) is 7.72. The van der Waals surface area contributed by atoms with Gasteiger partial charge in [0.2, 0.25) is 0 Å². The number of benzene rings is 6. The van der Waals surface area contributed by atoms with Crippen LogP contribution in [0.4, 0.5) is 0 Å². The SMILES string of the molecule is c1ccc(-c2cccc(-c3ccc4oc5ccccc5c4c3)c2-c2sc(-c3ccccc3)c3ccccc23)cc1. The fraction of sp³-hybridized carbons (Fsp3) is 0. The number of fused-ring (bicyclic) bond motifs is 4. The highest BCUT2D eigenvalue weighted by molar-refractivity contribution is 7.21. The maximum absolute atomic E-state index is 6.16. The Hall–Kier alpha value is -4.92. The lowest BCUT2D eigenvalue weighted by Crippen LogP contribution is -1.89. The van der Waals surface area contributed by atoms with Gasteiger partial charge in [0.05, 0.1) is 0 Å². The van der Waals surface area contributed by atoms with Gasteiger partial charge in [0.15, 0.2) is 0 Å². The zero-order chi connectivity index (χ0) is 26.5. The molecule has 8 rings (SSSR count). The zero-order valence-corrected chi connectivity index (χ0v) is 22.5. The van der Waals surface area contributed by atoms with Crippen LogP contribution < -0.4 is 0 Å². The summed E-state index contributed by atoms with van der Waals surface area (Å²) in [5.74, 6) is 0. The second-order valence-corrected chi connectivity index (χ2v) is 11.1. The van der Waals surface area contributed by atoms with Crippen molar-refractivity contribution in [3.63, 3.8) is 0 Å². The van der Waals surface area contributed by atoms with E-state index in [4.69, 9.17) is 4.42 Å². The Bertz CT molecular complexity index is 2150. The molecule has 0 radical (unpaired) electrons. The molecule has 0 bridgehead atoms. The molecule has 2 heterocycles. The van der Waals surface area contributed by atoms with E-state index in [0.717, 1.165) is 21.9 Å². The molecule has 0 atom stereocenters. The standard InChI is InChI=1S/C38H24OS/c1-3-12-25(13-4-1)28-19-11-20-29(27-22-23-35-33(24-27)30-16-9-10-21-34(30)39-35)36(28)38-32-18-8-7-17-31(32)37(40-38)26-14-5-2-6-15-26/h1-24H. The van der Waals surface area contributed by atoms with E-state index < -0.39 is 0 Å². The van der Waals surface area contributed by atoms with Crippen molar-refractivity contribution >= 4 is 44.0 Å². The average molecular weight is 529 g/mol. The van der Waals surface area contributed by atoms with E-state index in [1.165, 1.54) is 53.9 Å². The van der Waals surface area contributed by atoms with Crippen LogP contribution in [0.25, 0.3) is 75.8 Å². The van der Waals surface area contributed by atoms with Gasteiger partial charge in [-0.25, -0.2) is 0 Å². The normalized spacial score (nSPS) is 11.5. The highest BCUT2D eigenvalue weighted by Gasteiger charge is 2.21. The van der Waals surface area contributed by atoms with E-state index in [-0.39, 0.29) is 0 Å². The Labute approximate surface area is 236 Å². The van der Waals surface area contributed by atoms with Crippen molar-refractivity contribution < 1.29 is 4.42 Å². The molecule has 6 aromatic carbocycles. The van der Waals surface area contributed by atoms with Crippen LogP contribution >= 0.6 is 11.3 Å². The van der Waals surface area contributed by atoms with Gasteiger partial charge in [-0.1, -0.05) is 127 Å². The molecule has 0 N–H and O–H groups in total. The molecule has 0 aliphatic carbocycles. The van der Waals surface area contributed by atoms with Crippen LogP contribution in [0.1, 0.15) is 0 Å². The highest BCUT2D eigenvalue weighted by Crippen LogP contribution is 2.50. The number of para-hydroxylation sites is 1. The lowest BCUT2D eigenvalue weighted by molar-refractivity contribution is 0.669. The van der Waals surface area contributed by atoms with E-state index in [9.17, 15) is 0 Å². The third-order valence-corrected chi connectivity index (χ3v) is 9.01. The number of rotatable bonds is 4. The lowest BCUT2D eigenvalue weighted by Gasteiger charge is -2.16. The Morgan fingerprint density at radius 1 is 0.375 bits per heavy atom. The summed E-state index contributed by atoms with van der Waals surface area (Å²) in [7, 11) is 0. The molecular formula is C38H24OS. The van der Waals surface area contributed by atoms with Crippen molar-refractivity contribution in [2.75, 3.05) is 0 Å². The number of hydrogen-bond donors (Lipinski definition) is 0. The topological polar surface area (TPSA) is 13.1 Å². The largest absolute Gasteiger partial charge is 0.456 e. The van der Waals surface area contributed by atoms with Gasteiger partial charge < -0.3 is 4.42 Å². The van der Waals surface area contributed by atoms with Crippen LogP contribution in [0.3, 0.4) is 0 Å². The molecule has 40 heavy (non-hydrogen) atoms. The van der Waals surface area contributed by atoms with Crippen molar-refractivity contribution in [3.8, 4) is 43.1 Å². The summed E-state index contributed by atoms with van der Waals surface area (Å²) in [5.41, 5.74) is 9.22. The van der Waals surface area contributed by atoms with Gasteiger partial charge in [0.1, 0.15) is 11.2 Å². The smallest absolute Gasteiger partial charge is 0.135 e. The summed E-state index contributed by atoms with van der Waals surface area (Å²) in [6, 6.07) is 51.9. The van der Waals surface area contributed by atoms with Crippen LogP contribution in [-0.4, -0.2) is 0 Å². The van der Waals surface area contributed by atoms with Gasteiger partial charge in [-0.15, -0.1) is 11.3 Å². The summed E-state index contributed by atoms with van der Waals surface area (Å²) < 4.78 is 6.16. The van der Waals surface area contributed by atoms with Gasteiger partial charge in [0, 0.05) is 36.9 Å². The molecule has 0 aliphatic rings. The average Bonchev–Trinajstić information content (AvgIpc) is 3.60. The monoisotopic (exact) mass is 528 g/mol. The minimum absolute atomic E-state index is 0.915. The molecule has 0 saturated carbocycles. The van der Waals surface area contributed by atoms with Gasteiger partial charge in [-0.3, -0.25) is 0 Å². The molecule has 2 aromatic heterocycles. The molecule has 0 aliphatic heterocycles. The van der Waals surface area contributed by atoms with E-state index in [2.05, 4.69) is 133 Å². The first-order valence-corrected chi connectivity index (χ1v) is 14.3. The fourth-order valence-electron chi connectivity index (χ4n) is 5.87. The summed E-state index contributed by atoms with van der Waals surface area (Å²) in [5, 5.41) is 4.86. The molecule has 0 spiro atoms. The molecule has 0 fully saturated rings. The summed E-state index contributed by atoms with van der Waals surface area (Å²) >= 11 is 1.89. The molecule has 2 heteroatoms. The maximum atomic E-state index is 6.16. The maximum Gasteiger partial charge on any atom is 0.135 e. The molecule has 188 valence electrons. The van der Waals surface area contributed by atoms with Crippen LogP contribution in [-0.2, 0) is 0 Å². The summed E-state index contributed by atoms with van der Waals surface area (Å²) in [4.78, 5) is 2.59. The predicted octanol–water partition coefficient (Wildman–Crippen LogP) is 11.5. The minimum atomic E-state index is 0.915. The summed E-state index contributed by atoms with van der Waals surface area (Å²) in [6.07, 6.45) is 0. The van der Waals surface area contributed by atoms with Crippen molar-refractivity contribution in [1.82, 2.24) is 0 Å². The first-order valence-electron chi connectivity index (χ1n) is 13.5. The molecule has 0 amide bonds. The fourth-order valence-corrected chi connectivity index (χ4v) is 7.23. The Balaban J connectivity index is 1.45. The quantitative estimate of drug-likeness (QED) is 0.221. The number of hydrogen-bond acceptors (Lipinski definition) is 2. The lowest BCUT2D eigenvalue weighted by atomic mass is 9.89. The number of thiophene rings is 1. The van der Waals surface area contributed by atoms with Crippen LogP contribution in [0.15, 0.2) is 150 Å². The predicted molar refractivity (Wildman–Crippen MR) is 171 cm³/mol. The van der Waals surface area contributed by atoms with Crippen molar-refractivity contribution in [1.29, 1.82) is 0 Å². The number of furan rings is 1. The van der Waals surface area contributed by atoms with Gasteiger partial charge in [0.25, 0.3) is 0 Å². The molecule has 0 unspecified atom stereocenters. The Kier molecular flexibility index (Phi) is 5.39. The van der Waals surface area contributed by atoms with Crippen LogP contribution in [0, 0.1) is 0 Å². The van der Waals surface area contributed by atoms with Gasteiger partial charge in [-0.2, -0.15) is 0 Å². The zero-order valence-electron chi connectivity index (χ0n) is 21.7. The van der Waals surface area contributed by atoms with E-state index in [0.29, 0.717) is 0 Å². The van der Waals surface area contributed by atoms with E-state index in [1.54, 1.807) is 0 Å². The second-order valence-electron chi connectivity index (χ2n) is 10.1. The van der Waals surface area contributed by atoms with Gasteiger partial charge in [-0.05, 0) is 46.0 Å². The Morgan fingerprint density at radius 3 is 1.70 bits per heavy atom. The molecule has 0 saturated heterocycles. The van der Waals surface area contributed by atoms with Crippen LogP contribution in [0.2, 0.25) is 0 Å². The molecule has 1 nitrogen and oxygen atoms in total. The van der Waals surface area contributed by atoms with E-state index >= 15 is 0 Å². The van der Waals surface area contributed by atoms with E-state index in [1.807, 2.05) is 23.5 Å². The molecule has 8 aromatic rings.